The van der Waals surface area contributed by atoms with Crippen molar-refractivity contribution in [3.05, 3.63) is 23.8 Å². The van der Waals surface area contributed by atoms with Crippen molar-refractivity contribution < 1.29 is 28.0 Å². The van der Waals surface area contributed by atoms with Crippen LogP contribution in [0, 0.1) is 6.92 Å². The van der Waals surface area contributed by atoms with E-state index >= 15 is 0 Å². The molecule has 0 saturated carbocycles. The Morgan fingerprint density at radius 2 is 1.19 bits per heavy atom. The number of rotatable bonds is 17. The van der Waals surface area contributed by atoms with Gasteiger partial charge in [0.15, 0.2) is 0 Å². The fourth-order valence-corrected chi connectivity index (χ4v) is 4.27. The lowest BCUT2D eigenvalue weighted by molar-refractivity contribution is -0.137. The number of benzene rings is 1. The van der Waals surface area contributed by atoms with Gasteiger partial charge in [-0.15, -0.1) is 0 Å². The summed E-state index contributed by atoms with van der Waals surface area (Å²) in [5, 5.41) is 17.6. The summed E-state index contributed by atoms with van der Waals surface area (Å²) in [4.78, 5) is 10.1. The van der Waals surface area contributed by atoms with Crippen LogP contribution in [-0.4, -0.2) is 29.2 Å². The van der Waals surface area contributed by atoms with Gasteiger partial charge in [0, 0.05) is 12.0 Å². The topological polar surface area (TPSA) is 112 Å². The van der Waals surface area contributed by atoms with Crippen molar-refractivity contribution in [3.8, 4) is 5.75 Å². The van der Waals surface area contributed by atoms with Gasteiger partial charge in [-0.2, -0.15) is 8.42 Å². The summed E-state index contributed by atoms with van der Waals surface area (Å²) in [6, 6.07) is 3.93. The average molecular weight is 473 g/mol. The molecule has 6 nitrogen and oxygen atoms in total. The number of aliphatic carboxylic acids is 1. The molecule has 0 fully saturated rings. The zero-order chi connectivity index (χ0) is 24.2. The maximum Gasteiger partial charge on any atom is 0.303 e. The smallest absolute Gasteiger partial charge is 0.303 e. The summed E-state index contributed by atoms with van der Waals surface area (Å²) in [5.74, 6) is -0.801. The van der Waals surface area contributed by atoms with Gasteiger partial charge < -0.3 is 10.2 Å². The molecular weight excluding hydrogens is 428 g/mol. The van der Waals surface area contributed by atoms with Crippen LogP contribution in [-0.2, 0) is 14.9 Å². The van der Waals surface area contributed by atoms with Crippen LogP contribution in [0.3, 0.4) is 0 Å². The molecule has 0 aliphatic carbocycles. The third kappa shape index (κ3) is 17.0. The number of carboxylic acid groups (broad SMARTS) is 1. The molecule has 0 saturated heterocycles. The van der Waals surface area contributed by atoms with Crippen LogP contribution < -0.4 is 0 Å². The number of phenols is 1. The standard InChI is InChI=1S/C18H36O2.C7H8O4S/c1-2-3-4-5-6-7-8-9-10-11-12-13-14-15-16-17-18(19)20;1-5-6(8)3-2-4-7(5)12(9,10)11/h2-17H2,1H3,(H,19,20);2-4,8H,1H3,(H,9,10,11). The molecule has 0 unspecified atom stereocenters. The Morgan fingerprint density at radius 1 is 0.781 bits per heavy atom. The lowest BCUT2D eigenvalue weighted by atomic mass is 10.0. The molecule has 0 heterocycles. The van der Waals surface area contributed by atoms with E-state index < -0.39 is 16.1 Å². The van der Waals surface area contributed by atoms with Gasteiger partial charge in [-0.1, -0.05) is 103 Å². The van der Waals surface area contributed by atoms with E-state index in [1.54, 1.807) is 0 Å². The van der Waals surface area contributed by atoms with Crippen molar-refractivity contribution in [2.24, 2.45) is 0 Å². The first kappa shape index (κ1) is 30.4. The first-order valence-electron chi connectivity index (χ1n) is 12.2. The highest BCUT2D eigenvalue weighted by molar-refractivity contribution is 7.85. The molecule has 0 bridgehead atoms. The summed E-state index contributed by atoms with van der Waals surface area (Å²) in [7, 11) is -4.22. The van der Waals surface area contributed by atoms with E-state index in [1.165, 1.54) is 109 Å². The number of hydrogen-bond donors (Lipinski definition) is 3. The highest BCUT2D eigenvalue weighted by Gasteiger charge is 2.14. The largest absolute Gasteiger partial charge is 0.508 e. The Kier molecular flexibility index (Phi) is 18.0. The predicted octanol–water partition coefficient (Wildman–Crippen LogP) is 7.28. The fourth-order valence-electron chi connectivity index (χ4n) is 3.53. The summed E-state index contributed by atoms with van der Waals surface area (Å²) in [6.07, 6.45) is 20.2. The number of hydrogen-bond acceptors (Lipinski definition) is 4. The summed E-state index contributed by atoms with van der Waals surface area (Å²) >= 11 is 0. The molecule has 32 heavy (non-hydrogen) atoms. The molecule has 7 heteroatoms. The van der Waals surface area contributed by atoms with Gasteiger partial charge >= 0.3 is 5.97 Å². The van der Waals surface area contributed by atoms with Gasteiger partial charge in [-0.05, 0) is 25.5 Å². The fraction of sp³-hybridized carbons (Fsp3) is 0.720. The van der Waals surface area contributed by atoms with Crippen LogP contribution in [0.2, 0.25) is 0 Å². The van der Waals surface area contributed by atoms with E-state index in [0.29, 0.717) is 6.42 Å². The molecule has 1 rings (SSSR count). The molecule has 0 aliphatic heterocycles. The van der Waals surface area contributed by atoms with Crippen LogP contribution >= 0.6 is 0 Å². The molecule has 0 amide bonds. The van der Waals surface area contributed by atoms with Gasteiger partial charge in [0.25, 0.3) is 10.1 Å². The molecule has 0 spiro atoms. The van der Waals surface area contributed by atoms with E-state index in [-0.39, 0.29) is 16.2 Å². The molecule has 3 N–H and O–H groups in total. The summed E-state index contributed by atoms with van der Waals surface area (Å²) in [6.45, 7) is 3.69. The minimum atomic E-state index is -4.22. The number of carbonyl (C=O) groups is 1. The second-order valence-corrected chi connectivity index (χ2v) is 9.86. The van der Waals surface area contributed by atoms with Crippen molar-refractivity contribution in [2.75, 3.05) is 0 Å². The molecule has 0 radical (unpaired) electrons. The van der Waals surface area contributed by atoms with Crippen molar-refractivity contribution in [1.29, 1.82) is 0 Å². The van der Waals surface area contributed by atoms with Gasteiger partial charge in [-0.3, -0.25) is 9.35 Å². The van der Waals surface area contributed by atoms with Crippen LogP contribution in [0.25, 0.3) is 0 Å². The van der Waals surface area contributed by atoms with E-state index in [2.05, 4.69) is 6.92 Å². The third-order valence-corrected chi connectivity index (χ3v) is 6.53. The van der Waals surface area contributed by atoms with Crippen molar-refractivity contribution in [2.45, 2.75) is 121 Å². The maximum absolute atomic E-state index is 10.7. The van der Waals surface area contributed by atoms with Crippen LogP contribution in [0.1, 0.15) is 115 Å². The number of phenolic OH excluding ortho intramolecular Hbond substituents is 1. The van der Waals surface area contributed by atoms with Crippen LogP contribution in [0.5, 0.6) is 5.75 Å². The maximum atomic E-state index is 10.7. The minimum absolute atomic E-state index is 0.148. The Labute approximate surface area is 195 Å². The monoisotopic (exact) mass is 472 g/mol. The second kappa shape index (κ2) is 18.9. The van der Waals surface area contributed by atoms with Crippen molar-refractivity contribution in [1.82, 2.24) is 0 Å². The molecule has 0 atom stereocenters. The normalized spacial score (nSPS) is 11.1. The molecular formula is C25H44O6S. The third-order valence-electron chi connectivity index (χ3n) is 5.53. The molecule has 0 aromatic heterocycles. The number of unbranched alkanes of at least 4 members (excludes halogenated alkanes) is 14. The number of aromatic hydroxyl groups is 1. The Morgan fingerprint density at radius 3 is 1.53 bits per heavy atom. The average Bonchev–Trinajstić information content (AvgIpc) is 2.72. The van der Waals surface area contributed by atoms with E-state index in [9.17, 15) is 13.2 Å². The van der Waals surface area contributed by atoms with Crippen LogP contribution in [0.15, 0.2) is 23.1 Å². The quantitative estimate of drug-likeness (QED) is 0.162. The molecule has 1 aromatic carbocycles. The summed E-state index contributed by atoms with van der Waals surface area (Å²) < 4.78 is 30.0. The zero-order valence-electron chi connectivity index (χ0n) is 20.0. The number of carboxylic acids is 1. The predicted molar refractivity (Wildman–Crippen MR) is 130 cm³/mol. The lowest BCUT2D eigenvalue weighted by Crippen LogP contribution is -2.00. The van der Waals surface area contributed by atoms with Gasteiger partial charge in [-0.25, -0.2) is 0 Å². The molecule has 0 aliphatic rings. The zero-order valence-corrected chi connectivity index (χ0v) is 20.8. The summed E-state index contributed by atoms with van der Waals surface area (Å²) in [5.41, 5.74) is 0.153. The first-order chi connectivity index (χ1) is 15.2. The Bertz CT molecular complexity index is 715. The van der Waals surface area contributed by atoms with E-state index in [4.69, 9.17) is 14.8 Å². The molecule has 186 valence electrons. The highest BCUT2D eigenvalue weighted by Crippen LogP contribution is 2.22. The molecule has 1 aromatic rings. The van der Waals surface area contributed by atoms with Gasteiger partial charge in [0.2, 0.25) is 0 Å². The Balaban J connectivity index is 0.000000677. The van der Waals surface area contributed by atoms with E-state index in [0.717, 1.165) is 12.8 Å². The second-order valence-electron chi connectivity index (χ2n) is 8.47. The van der Waals surface area contributed by atoms with Crippen molar-refractivity contribution in [3.63, 3.8) is 0 Å². The van der Waals surface area contributed by atoms with Crippen LogP contribution in [0.4, 0.5) is 0 Å². The van der Waals surface area contributed by atoms with Crippen molar-refractivity contribution >= 4 is 16.1 Å². The van der Waals surface area contributed by atoms with Gasteiger partial charge in [0.05, 0.1) is 0 Å². The Hall–Kier alpha value is -1.60. The first-order valence-corrected chi connectivity index (χ1v) is 13.6. The highest BCUT2D eigenvalue weighted by atomic mass is 32.2. The van der Waals surface area contributed by atoms with Gasteiger partial charge in [0.1, 0.15) is 10.6 Å². The SMILES string of the molecule is CCCCCCCCCCCCCCCCCC(=O)O.Cc1c(O)cccc1S(=O)(=O)O. The lowest BCUT2D eigenvalue weighted by Gasteiger charge is -2.03. The minimum Gasteiger partial charge on any atom is -0.508 e. The van der Waals surface area contributed by atoms with E-state index in [1.807, 2.05) is 0 Å².